The van der Waals surface area contributed by atoms with Crippen LogP contribution in [0.2, 0.25) is 0 Å². The largest absolute Gasteiger partial charge is 0.462 e. The SMILES string of the molecule is CCOC(=O)C(=CNc1occc1C#N)C(=O)OCC. The highest BCUT2D eigenvalue weighted by Crippen LogP contribution is 2.16. The van der Waals surface area contributed by atoms with Gasteiger partial charge in [-0.05, 0) is 19.9 Å². The Morgan fingerprint density at radius 2 is 1.95 bits per heavy atom. The van der Waals surface area contributed by atoms with Crippen LogP contribution in [-0.2, 0) is 19.1 Å². The average molecular weight is 278 g/mol. The quantitative estimate of drug-likeness (QED) is 0.364. The zero-order valence-corrected chi connectivity index (χ0v) is 11.1. The maximum Gasteiger partial charge on any atom is 0.347 e. The van der Waals surface area contributed by atoms with Gasteiger partial charge in [-0.15, -0.1) is 0 Å². The molecule has 0 aromatic carbocycles. The molecule has 0 atom stereocenters. The van der Waals surface area contributed by atoms with Crippen molar-refractivity contribution in [1.82, 2.24) is 0 Å². The maximum absolute atomic E-state index is 11.6. The van der Waals surface area contributed by atoms with Crippen molar-refractivity contribution >= 4 is 17.8 Å². The van der Waals surface area contributed by atoms with Crippen molar-refractivity contribution in [2.24, 2.45) is 0 Å². The predicted octanol–water partition coefficient (Wildman–Crippen LogP) is 1.57. The van der Waals surface area contributed by atoms with E-state index >= 15 is 0 Å². The smallest absolute Gasteiger partial charge is 0.347 e. The summed E-state index contributed by atoms with van der Waals surface area (Å²) in [7, 11) is 0. The fraction of sp³-hybridized carbons (Fsp3) is 0.308. The molecular formula is C13H14N2O5. The Kier molecular flexibility index (Phi) is 5.84. The van der Waals surface area contributed by atoms with Crippen LogP contribution in [0.4, 0.5) is 5.88 Å². The molecule has 0 fully saturated rings. The first-order valence-electron chi connectivity index (χ1n) is 5.92. The molecule has 0 amide bonds. The molecule has 1 heterocycles. The summed E-state index contributed by atoms with van der Waals surface area (Å²) in [6.07, 6.45) is 2.40. The Labute approximate surface area is 115 Å². The molecule has 1 N–H and O–H groups in total. The highest BCUT2D eigenvalue weighted by molar-refractivity contribution is 6.14. The van der Waals surface area contributed by atoms with Crippen LogP contribution in [0.15, 0.2) is 28.5 Å². The number of carbonyl (C=O) groups excluding carboxylic acids is 2. The highest BCUT2D eigenvalue weighted by Gasteiger charge is 2.21. The molecule has 0 unspecified atom stereocenters. The Bertz CT molecular complexity index is 533. The number of furan rings is 1. The molecule has 20 heavy (non-hydrogen) atoms. The molecule has 0 saturated carbocycles. The molecule has 0 bridgehead atoms. The van der Waals surface area contributed by atoms with E-state index in [2.05, 4.69) is 5.32 Å². The number of hydrogen-bond acceptors (Lipinski definition) is 7. The molecule has 0 radical (unpaired) electrons. The number of hydrogen-bond donors (Lipinski definition) is 1. The third-order valence-corrected chi connectivity index (χ3v) is 2.12. The standard InChI is InChI=1S/C13H14N2O5/c1-3-18-12(16)10(13(17)19-4-2)8-15-11-9(7-14)5-6-20-11/h5-6,8,15H,3-4H2,1-2H3. The van der Waals surface area contributed by atoms with Gasteiger partial charge in [0.2, 0.25) is 5.88 Å². The van der Waals surface area contributed by atoms with E-state index in [0.29, 0.717) is 0 Å². The fourth-order valence-corrected chi connectivity index (χ4v) is 1.27. The minimum atomic E-state index is -0.816. The summed E-state index contributed by atoms with van der Waals surface area (Å²) < 4.78 is 14.5. The van der Waals surface area contributed by atoms with Crippen LogP contribution in [0.5, 0.6) is 0 Å². The van der Waals surface area contributed by atoms with E-state index in [9.17, 15) is 9.59 Å². The molecule has 0 aliphatic rings. The number of ether oxygens (including phenoxy) is 2. The Morgan fingerprint density at radius 3 is 2.45 bits per heavy atom. The zero-order chi connectivity index (χ0) is 15.0. The summed E-state index contributed by atoms with van der Waals surface area (Å²) in [4.78, 5) is 23.3. The van der Waals surface area contributed by atoms with Gasteiger partial charge in [0, 0.05) is 6.20 Å². The lowest BCUT2D eigenvalue weighted by Crippen LogP contribution is -2.19. The van der Waals surface area contributed by atoms with Crippen LogP contribution < -0.4 is 5.32 Å². The second-order valence-electron chi connectivity index (χ2n) is 3.42. The lowest BCUT2D eigenvalue weighted by Gasteiger charge is -2.06. The first kappa shape index (κ1) is 15.3. The van der Waals surface area contributed by atoms with Gasteiger partial charge in [-0.2, -0.15) is 5.26 Å². The molecule has 7 nitrogen and oxygen atoms in total. The minimum Gasteiger partial charge on any atom is -0.462 e. The first-order valence-corrected chi connectivity index (χ1v) is 5.92. The molecule has 0 aliphatic carbocycles. The lowest BCUT2D eigenvalue weighted by atomic mass is 10.3. The Hall–Kier alpha value is -2.75. The second-order valence-corrected chi connectivity index (χ2v) is 3.42. The van der Waals surface area contributed by atoms with Crippen LogP contribution in [0.1, 0.15) is 19.4 Å². The molecule has 1 aromatic rings. The fourth-order valence-electron chi connectivity index (χ4n) is 1.27. The second kappa shape index (κ2) is 7.63. The van der Waals surface area contributed by atoms with E-state index < -0.39 is 11.9 Å². The molecule has 0 spiro atoms. The van der Waals surface area contributed by atoms with Crippen LogP contribution >= 0.6 is 0 Å². The van der Waals surface area contributed by atoms with Crippen LogP contribution in [-0.4, -0.2) is 25.2 Å². The maximum atomic E-state index is 11.6. The molecular weight excluding hydrogens is 264 g/mol. The number of nitrogens with zero attached hydrogens (tertiary/aromatic N) is 1. The van der Waals surface area contributed by atoms with Gasteiger partial charge in [0.15, 0.2) is 5.57 Å². The van der Waals surface area contributed by atoms with Gasteiger partial charge in [-0.25, -0.2) is 9.59 Å². The molecule has 106 valence electrons. The van der Waals surface area contributed by atoms with Gasteiger partial charge >= 0.3 is 11.9 Å². The van der Waals surface area contributed by atoms with Gasteiger partial charge in [0.25, 0.3) is 0 Å². The number of rotatable bonds is 6. The summed E-state index contributed by atoms with van der Waals surface area (Å²) in [5.74, 6) is -1.51. The van der Waals surface area contributed by atoms with Crippen molar-refractivity contribution in [2.75, 3.05) is 18.5 Å². The van der Waals surface area contributed by atoms with E-state index in [1.165, 1.54) is 12.3 Å². The van der Waals surface area contributed by atoms with E-state index in [4.69, 9.17) is 19.2 Å². The topological polar surface area (TPSA) is 102 Å². The van der Waals surface area contributed by atoms with Crippen molar-refractivity contribution in [3.63, 3.8) is 0 Å². The average Bonchev–Trinajstić information content (AvgIpc) is 2.87. The van der Waals surface area contributed by atoms with Crippen molar-refractivity contribution < 1.29 is 23.5 Å². The van der Waals surface area contributed by atoms with Crippen LogP contribution in [0.25, 0.3) is 0 Å². The number of nitriles is 1. The van der Waals surface area contributed by atoms with Crippen molar-refractivity contribution in [2.45, 2.75) is 13.8 Å². The molecule has 0 saturated heterocycles. The lowest BCUT2D eigenvalue weighted by molar-refractivity contribution is -0.146. The first-order chi connectivity index (χ1) is 9.63. The normalized spacial score (nSPS) is 9.25. The monoisotopic (exact) mass is 278 g/mol. The van der Waals surface area contributed by atoms with E-state index in [-0.39, 0.29) is 30.2 Å². The summed E-state index contributed by atoms with van der Waals surface area (Å²) in [6.45, 7) is 3.49. The summed E-state index contributed by atoms with van der Waals surface area (Å²) in [5.41, 5.74) is -0.0673. The third kappa shape index (κ3) is 3.88. The van der Waals surface area contributed by atoms with Gasteiger partial charge in [-0.1, -0.05) is 0 Å². The van der Waals surface area contributed by atoms with Gasteiger partial charge in [0.05, 0.1) is 19.5 Å². The third-order valence-electron chi connectivity index (χ3n) is 2.12. The zero-order valence-electron chi connectivity index (χ0n) is 11.1. The summed E-state index contributed by atoms with van der Waals surface area (Å²) >= 11 is 0. The van der Waals surface area contributed by atoms with Crippen LogP contribution in [0, 0.1) is 11.3 Å². The van der Waals surface area contributed by atoms with Gasteiger partial charge in [-0.3, -0.25) is 0 Å². The number of esters is 2. The van der Waals surface area contributed by atoms with Crippen molar-refractivity contribution in [1.29, 1.82) is 5.26 Å². The predicted molar refractivity (Wildman–Crippen MR) is 68.4 cm³/mol. The minimum absolute atomic E-state index is 0.124. The Morgan fingerprint density at radius 1 is 1.35 bits per heavy atom. The molecule has 1 aromatic heterocycles. The van der Waals surface area contributed by atoms with Crippen molar-refractivity contribution in [3.8, 4) is 6.07 Å². The highest BCUT2D eigenvalue weighted by atomic mass is 16.6. The van der Waals surface area contributed by atoms with Crippen LogP contribution in [0.3, 0.4) is 0 Å². The van der Waals surface area contributed by atoms with Gasteiger partial charge in [0.1, 0.15) is 11.6 Å². The van der Waals surface area contributed by atoms with E-state index in [1.807, 2.05) is 6.07 Å². The van der Waals surface area contributed by atoms with Gasteiger partial charge < -0.3 is 19.2 Å². The number of carbonyl (C=O) groups is 2. The molecule has 0 aliphatic heterocycles. The summed E-state index contributed by atoms with van der Waals surface area (Å²) in [6, 6.07) is 3.34. The number of nitrogens with one attached hydrogen (secondary N) is 1. The summed E-state index contributed by atoms with van der Waals surface area (Å²) in [5, 5.41) is 11.4. The number of anilines is 1. The van der Waals surface area contributed by atoms with Crippen molar-refractivity contribution in [3.05, 3.63) is 29.7 Å². The van der Waals surface area contributed by atoms with E-state index in [1.54, 1.807) is 13.8 Å². The van der Waals surface area contributed by atoms with E-state index in [0.717, 1.165) is 6.20 Å². The molecule has 1 rings (SSSR count). The molecule has 7 heteroatoms. The Balaban J connectivity index is 2.93.